The number of ether oxygens (including phenoxy) is 1. The molecule has 0 N–H and O–H groups in total. The molecule has 0 aromatic heterocycles. The standard InChI is InChI=1S/C15H30N2O/c1-14(2,3)17-8-7-16-11-13(9-12(16)10-17)18-15(4,5)6/h12-13H,7-11H2,1-6H3/t12-,13+/m0/s1. The molecule has 2 heterocycles. The second-order valence-electron chi connectivity index (χ2n) is 7.85. The van der Waals surface area contributed by atoms with E-state index in [0.29, 0.717) is 17.7 Å². The lowest BCUT2D eigenvalue weighted by atomic mass is 10.0. The molecule has 0 spiro atoms. The molecule has 0 radical (unpaired) electrons. The minimum absolute atomic E-state index is 0.0109. The Labute approximate surface area is 112 Å². The Morgan fingerprint density at radius 3 is 2.17 bits per heavy atom. The van der Waals surface area contributed by atoms with E-state index in [1.807, 2.05) is 0 Å². The fourth-order valence-electron chi connectivity index (χ4n) is 3.19. The van der Waals surface area contributed by atoms with Gasteiger partial charge in [-0.1, -0.05) is 0 Å². The van der Waals surface area contributed by atoms with E-state index in [1.165, 1.54) is 26.1 Å². The molecule has 0 amide bonds. The summed E-state index contributed by atoms with van der Waals surface area (Å²) >= 11 is 0. The highest BCUT2D eigenvalue weighted by molar-refractivity contribution is 4.95. The molecule has 0 unspecified atom stereocenters. The Hall–Kier alpha value is -0.120. The van der Waals surface area contributed by atoms with Crippen LogP contribution in [0.1, 0.15) is 48.0 Å². The van der Waals surface area contributed by atoms with E-state index in [1.54, 1.807) is 0 Å². The Balaban J connectivity index is 1.91. The monoisotopic (exact) mass is 254 g/mol. The number of fused-ring (bicyclic) bond motifs is 1. The highest BCUT2D eigenvalue weighted by Crippen LogP contribution is 2.29. The van der Waals surface area contributed by atoms with Crippen LogP contribution < -0.4 is 0 Å². The van der Waals surface area contributed by atoms with Gasteiger partial charge in [-0.25, -0.2) is 0 Å². The van der Waals surface area contributed by atoms with E-state index in [-0.39, 0.29) is 5.60 Å². The lowest BCUT2D eigenvalue weighted by Gasteiger charge is -2.44. The van der Waals surface area contributed by atoms with E-state index in [9.17, 15) is 0 Å². The van der Waals surface area contributed by atoms with Crippen LogP contribution in [0.15, 0.2) is 0 Å². The minimum Gasteiger partial charge on any atom is -0.371 e. The summed E-state index contributed by atoms with van der Waals surface area (Å²) in [5, 5.41) is 0. The van der Waals surface area contributed by atoms with Crippen LogP contribution in [0.3, 0.4) is 0 Å². The fraction of sp³-hybridized carbons (Fsp3) is 1.00. The first-order valence-corrected chi connectivity index (χ1v) is 7.32. The van der Waals surface area contributed by atoms with E-state index < -0.39 is 0 Å². The zero-order chi connectivity index (χ0) is 13.6. The van der Waals surface area contributed by atoms with E-state index in [0.717, 1.165) is 6.54 Å². The molecule has 2 fully saturated rings. The maximum atomic E-state index is 6.15. The van der Waals surface area contributed by atoms with Gasteiger partial charge in [0, 0.05) is 37.8 Å². The maximum absolute atomic E-state index is 6.15. The van der Waals surface area contributed by atoms with Crippen LogP contribution in [0.2, 0.25) is 0 Å². The van der Waals surface area contributed by atoms with E-state index >= 15 is 0 Å². The largest absolute Gasteiger partial charge is 0.371 e. The van der Waals surface area contributed by atoms with Crippen molar-refractivity contribution >= 4 is 0 Å². The number of hydrogen-bond acceptors (Lipinski definition) is 3. The van der Waals surface area contributed by atoms with Gasteiger partial charge >= 0.3 is 0 Å². The summed E-state index contributed by atoms with van der Waals surface area (Å²) in [6.07, 6.45) is 1.62. The number of hydrogen-bond donors (Lipinski definition) is 0. The zero-order valence-corrected chi connectivity index (χ0v) is 13.0. The number of rotatable bonds is 1. The molecule has 0 saturated carbocycles. The molecule has 0 aliphatic carbocycles. The van der Waals surface area contributed by atoms with Crippen molar-refractivity contribution in [3.63, 3.8) is 0 Å². The second-order valence-corrected chi connectivity index (χ2v) is 7.85. The van der Waals surface area contributed by atoms with Gasteiger partial charge in [0.05, 0.1) is 11.7 Å². The van der Waals surface area contributed by atoms with Crippen molar-refractivity contribution in [1.29, 1.82) is 0 Å². The van der Waals surface area contributed by atoms with Gasteiger partial charge in [-0.2, -0.15) is 0 Å². The summed E-state index contributed by atoms with van der Waals surface area (Å²) in [5.74, 6) is 0. The lowest BCUT2D eigenvalue weighted by molar-refractivity contribution is -0.0539. The summed E-state index contributed by atoms with van der Waals surface area (Å²) < 4.78 is 6.15. The van der Waals surface area contributed by atoms with E-state index in [2.05, 4.69) is 51.3 Å². The predicted molar refractivity (Wildman–Crippen MR) is 75.9 cm³/mol. The Kier molecular flexibility index (Phi) is 3.79. The highest BCUT2D eigenvalue weighted by Gasteiger charge is 2.40. The lowest BCUT2D eigenvalue weighted by Crippen LogP contribution is -2.56. The first kappa shape index (κ1) is 14.3. The van der Waals surface area contributed by atoms with Crippen molar-refractivity contribution in [3.05, 3.63) is 0 Å². The van der Waals surface area contributed by atoms with Crippen LogP contribution >= 0.6 is 0 Å². The molecule has 3 heteroatoms. The van der Waals surface area contributed by atoms with Crippen LogP contribution in [0.25, 0.3) is 0 Å². The average Bonchev–Trinajstić information content (AvgIpc) is 2.53. The second kappa shape index (κ2) is 4.77. The van der Waals surface area contributed by atoms with Gasteiger partial charge in [0.1, 0.15) is 0 Å². The van der Waals surface area contributed by atoms with Gasteiger partial charge < -0.3 is 4.74 Å². The van der Waals surface area contributed by atoms with E-state index in [4.69, 9.17) is 4.74 Å². The van der Waals surface area contributed by atoms with Crippen LogP contribution in [-0.2, 0) is 4.74 Å². The first-order valence-electron chi connectivity index (χ1n) is 7.32. The van der Waals surface area contributed by atoms with Crippen molar-refractivity contribution in [2.24, 2.45) is 0 Å². The van der Waals surface area contributed by atoms with Gasteiger partial charge in [-0.15, -0.1) is 0 Å². The molecule has 2 saturated heterocycles. The summed E-state index contributed by atoms with van der Waals surface area (Å²) in [6.45, 7) is 18.2. The Morgan fingerprint density at radius 2 is 1.61 bits per heavy atom. The summed E-state index contributed by atoms with van der Waals surface area (Å²) in [4.78, 5) is 5.24. The topological polar surface area (TPSA) is 15.7 Å². The average molecular weight is 254 g/mol. The maximum Gasteiger partial charge on any atom is 0.0724 e. The Morgan fingerprint density at radius 1 is 0.944 bits per heavy atom. The molecular weight excluding hydrogens is 224 g/mol. The first-order chi connectivity index (χ1) is 8.15. The molecule has 2 rings (SSSR count). The molecule has 18 heavy (non-hydrogen) atoms. The molecule has 0 aromatic rings. The smallest absolute Gasteiger partial charge is 0.0724 e. The van der Waals surface area contributed by atoms with Crippen molar-refractivity contribution in [3.8, 4) is 0 Å². The van der Waals surface area contributed by atoms with Crippen LogP contribution in [0.5, 0.6) is 0 Å². The van der Waals surface area contributed by atoms with Crippen LogP contribution in [0, 0.1) is 0 Å². The number of nitrogens with zero attached hydrogens (tertiary/aromatic N) is 2. The molecule has 3 nitrogen and oxygen atoms in total. The number of piperazine rings is 1. The predicted octanol–water partition coefficient (Wildman–Crippen LogP) is 2.36. The molecule has 2 aliphatic rings. The SMILES string of the molecule is CC(C)(C)O[C@@H]1C[C@H]2CN(C(C)(C)C)CCN2C1. The molecule has 2 atom stereocenters. The molecule has 2 aliphatic heterocycles. The van der Waals surface area contributed by atoms with Crippen molar-refractivity contribution in [2.75, 3.05) is 26.2 Å². The third kappa shape index (κ3) is 3.46. The molecular formula is C15H30N2O. The van der Waals surface area contributed by atoms with Gasteiger partial charge in [0.15, 0.2) is 0 Å². The third-order valence-corrected chi connectivity index (χ3v) is 4.05. The molecule has 0 bridgehead atoms. The van der Waals surface area contributed by atoms with Crippen LogP contribution in [0.4, 0.5) is 0 Å². The quantitative estimate of drug-likeness (QED) is 0.714. The van der Waals surface area contributed by atoms with Gasteiger partial charge in [0.2, 0.25) is 0 Å². The highest BCUT2D eigenvalue weighted by atomic mass is 16.5. The van der Waals surface area contributed by atoms with Crippen molar-refractivity contribution in [1.82, 2.24) is 9.80 Å². The van der Waals surface area contributed by atoms with Gasteiger partial charge in [0.25, 0.3) is 0 Å². The Bertz CT molecular complexity index is 290. The van der Waals surface area contributed by atoms with Gasteiger partial charge in [-0.05, 0) is 48.0 Å². The molecule has 0 aromatic carbocycles. The third-order valence-electron chi connectivity index (χ3n) is 4.05. The summed E-state index contributed by atoms with van der Waals surface area (Å²) in [7, 11) is 0. The summed E-state index contributed by atoms with van der Waals surface area (Å²) in [5.41, 5.74) is 0.290. The minimum atomic E-state index is -0.0109. The molecule has 106 valence electrons. The normalized spacial score (nSPS) is 31.7. The summed E-state index contributed by atoms with van der Waals surface area (Å²) in [6, 6.07) is 0.699. The van der Waals surface area contributed by atoms with Crippen LogP contribution in [-0.4, -0.2) is 59.3 Å². The fourth-order valence-corrected chi connectivity index (χ4v) is 3.19. The van der Waals surface area contributed by atoms with Crippen molar-refractivity contribution in [2.45, 2.75) is 71.2 Å². The van der Waals surface area contributed by atoms with Gasteiger partial charge in [-0.3, -0.25) is 9.80 Å². The van der Waals surface area contributed by atoms with Crippen molar-refractivity contribution < 1.29 is 4.74 Å². The zero-order valence-electron chi connectivity index (χ0n) is 13.0.